The fraction of sp³-hybridized carbons (Fsp3) is 0.429. The van der Waals surface area contributed by atoms with Crippen LogP contribution in [0.4, 0.5) is 0 Å². The summed E-state index contributed by atoms with van der Waals surface area (Å²) in [6.07, 6.45) is 7.40. The molecule has 0 amide bonds. The summed E-state index contributed by atoms with van der Waals surface area (Å²) in [5.74, 6) is 1.78. The van der Waals surface area contributed by atoms with Gasteiger partial charge in [0.1, 0.15) is 13.2 Å². The smallest absolute Gasteiger partial charge is 0.161 e. The van der Waals surface area contributed by atoms with E-state index in [4.69, 9.17) is 9.47 Å². The zero-order valence-electron chi connectivity index (χ0n) is 9.37. The molecule has 1 heterocycles. The van der Waals surface area contributed by atoms with Crippen molar-refractivity contribution in [2.45, 2.75) is 25.7 Å². The van der Waals surface area contributed by atoms with Crippen molar-refractivity contribution in [3.8, 4) is 11.5 Å². The van der Waals surface area contributed by atoms with Crippen molar-refractivity contribution >= 4 is 5.57 Å². The molecular weight excluding hydrogens is 200 g/mol. The molecule has 0 bridgehead atoms. The third kappa shape index (κ3) is 1.80. The van der Waals surface area contributed by atoms with Crippen LogP contribution < -0.4 is 9.47 Å². The monoisotopic (exact) mass is 216 g/mol. The Kier molecular flexibility index (Phi) is 2.56. The molecule has 2 heteroatoms. The highest BCUT2D eigenvalue weighted by atomic mass is 16.6. The van der Waals surface area contributed by atoms with Gasteiger partial charge in [-0.15, -0.1) is 0 Å². The molecule has 0 atom stereocenters. The number of hydrogen-bond donors (Lipinski definition) is 0. The van der Waals surface area contributed by atoms with E-state index < -0.39 is 0 Å². The second-order valence-electron chi connectivity index (χ2n) is 4.33. The Morgan fingerprint density at radius 2 is 1.81 bits per heavy atom. The first kappa shape index (κ1) is 9.76. The summed E-state index contributed by atoms with van der Waals surface area (Å²) in [5, 5.41) is 0. The minimum absolute atomic E-state index is 0.662. The van der Waals surface area contributed by atoms with Crippen molar-refractivity contribution in [3.63, 3.8) is 0 Å². The Labute approximate surface area is 95.9 Å². The molecule has 2 nitrogen and oxygen atoms in total. The Morgan fingerprint density at radius 1 is 0.938 bits per heavy atom. The molecule has 1 aromatic carbocycles. The lowest BCUT2D eigenvalue weighted by Crippen LogP contribution is -2.15. The number of benzene rings is 1. The average Bonchev–Trinajstić information content (AvgIpc) is 2.39. The lowest BCUT2D eigenvalue weighted by Gasteiger charge is -2.20. The van der Waals surface area contributed by atoms with E-state index in [-0.39, 0.29) is 0 Å². The fourth-order valence-electron chi connectivity index (χ4n) is 2.34. The van der Waals surface area contributed by atoms with Gasteiger partial charge in [-0.25, -0.2) is 0 Å². The second kappa shape index (κ2) is 4.20. The SMILES string of the molecule is C1=C(c2ccc3c(c2)OCCO3)CCCC1. The van der Waals surface area contributed by atoms with Crippen LogP contribution in [0, 0.1) is 0 Å². The Bertz CT molecular complexity index is 421. The van der Waals surface area contributed by atoms with Gasteiger partial charge in [0.05, 0.1) is 0 Å². The summed E-state index contributed by atoms with van der Waals surface area (Å²) in [4.78, 5) is 0. The predicted octanol–water partition coefficient (Wildman–Crippen LogP) is 3.42. The summed E-state index contributed by atoms with van der Waals surface area (Å²) >= 11 is 0. The fourth-order valence-corrected chi connectivity index (χ4v) is 2.34. The Morgan fingerprint density at radius 3 is 2.62 bits per heavy atom. The van der Waals surface area contributed by atoms with Gasteiger partial charge in [-0.3, -0.25) is 0 Å². The van der Waals surface area contributed by atoms with E-state index in [2.05, 4.69) is 18.2 Å². The van der Waals surface area contributed by atoms with Gasteiger partial charge in [-0.1, -0.05) is 12.1 Å². The van der Waals surface area contributed by atoms with Gasteiger partial charge in [-0.2, -0.15) is 0 Å². The van der Waals surface area contributed by atoms with Crippen LogP contribution in [0.25, 0.3) is 5.57 Å². The van der Waals surface area contributed by atoms with Gasteiger partial charge in [0.25, 0.3) is 0 Å². The van der Waals surface area contributed by atoms with Crippen LogP contribution in [0.1, 0.15) is 31.2 Å². The predicted molar refractivity (Wildman–Crippen MR) is 63.9 cm³/mol. The van der Waals surface area contributed by atoms with Gasteiger partial charge < -0.3 is 9.47 Å². The van der Waals surface area contributed by atoms with Gasteiger partial charge in [0.2, 0.25) is 0 Å². The van der Waals surface area contributed by atoms with E-state index >= 15 is 0 Å². The van der Waals surface area contributed by atoms with Crippen molar-refractivity contribution in [1.29, 1.82) is 0 Å². The molecule has 84 valence electrons. The number of fused-ring (bicyclic) bond motifs is 1. The van der Waals surface area contributed by atoms with Crippen molar-refractivity contribution in [2.24, 2.45) is 0 Å². The molecule has 0 spiro atoms. The van der Waals surface area contributed by atoms with E-state index in [1.807, 2.05) is 6.07 Å². The zero-order chi connectivity index (χ0) is 10.8. The van der Waals surface area contributed by atoms with Gasteiger partial charge in [-0.05, 0) is 49.0 Å². The third-order valence-corrected chi connectivity index (χ3v) is 3.20. The first-order valence-corrected chi connectivity index (χ1v) is 6.02. The molecule has 1 aromatic rings. The van der Waals surface area contributed by atoms with Crippen molar-refractivity contribution in [2.75, 3.05) is 13.2 Å². The van der Waals surface area contributed by atoms with Crippen LogP contribution >= 0.6 is 0 Å². The van der Waals surface area contributed by atoms with E-state index in [0.29, 0.717) is 13.2 Å². The molecule has 0 fully saturated rings. The van der Waals surface area contributed by atoms with Gasteiger partial charge in [0.15, 0.2) is 11.5 Å². The summed E-state index contributed by atoms with van der Waals surface area (Å²) < 4.78 is 11.1. The first-order chi connectivity index (χ1) is 7.93. The number of hydrogen-bond acceptors (Lipinski definition) is 2. The molecule has 2 aliphatic rings. The van der Waals surface area contributed by atoms with E-state index in [1.54, 1.807) is 0 Å². The maximum atomic E-state index is 5.60. The molecular formula is C14H16O2. The summed E-state index contributed by atoms with van der Waals surface area (Å²) in [5.41, 5.74) is 2.76. The highest BCUT2D eigenvalue weighted by Crippen LogP contribution is 2.35. The highest BCUT2D eigenvalue weighted by molar-refractivity contribution is 5.68. The summed E-state index contributed by atoms with van der Waals surface area (Å²) in [6.45, 7) is 1.32. The van der Waals surface area contributed by atoms with Gasteiger partial charge >= 0.3 is 0 Å². The van der Waals surface area contributed by atoms with Crippen molar-refractivity contribution in [3.05, 3.63) is 29.8 Å². The van der Waals surface area contributed by atoms with Crippen LogP contribution in [-0.4, -0.2) is 13.2 Å². The minimum Gasteiger partial charge on any atom is -0.486 e. The Balaban J connectivity index is 1.93. The zero-order valence-corrected chi connectivity index (χ0v) is 9.37. The number of allylic oxidation sites excluding steroid dienone is 2. The van der Waals surface area contributed by atoms with E-state index in [1.165, 1.54) is 36.8 Å². The molecule has 0 unspecified atom stereocenters. The van der Waals surface area contributed by atoms with Crippen LogP contribution in [0.2, 0.25) is 0 Å². The van der Waals surface area contributed by atoms with Crippen molar-refractivity contribution in [1.82, 2.24) is 0 Å². The maximum absolute atomic E-state index is 5.60. The molecule has 1 aliphatic heterocycles. The highest BCUT2D eigenvalue weighted by Gasteiger charge is 2.13. The van der Waals surface area contributed by atoms with Crippen LogP contribution in [0.15, 0.2) is 24.3 Å². The third-order valence-electron chi connectivity index (χ3n) is 3.20. The standard InChI is InChI=1S/C14H16O2/c1-2-4-11(5-3-1)12-6-7-13-14(10-12)16-9-8-15-13/h4,6-7,10H,1-3,5,8-9H2. The molecule has 0 saturated carbocycles. The molecule has 0 radical (unpaired) electrons. The quantitative estimate of drug-likeness (QED) is 0.716. The summed E-state index contributed by atoms with van der Waals surface area (Å²) in [6, 6.07) is 6.29. The van der Waals surface area contributed by atoms with E-state index in [0.717, 1.165) is 11.5 Å². The van der Waals surface area contributed by atoms with E-state index in [9.17, 15) is 0 Å². The van der Waals surface area contributed by atoms with Crippen LogP contribution in [0.3, 0.4) is 0 Å². The first-order valence-electron chi connectivity index (χ1n) is 6.02. The molecule has 0 aromatic heterocycles. The van der Waals surface area contributed by atoms with Crippen LogP contribution in [-0.2, 0) is 0 Å². The largest absolute Gasteiger partial charge is 0.486 e. The topological polar surface area (TPSA) is 18.5 Å². The Hall–Kier alpha value is -1.44. The lowest BCUT2D eigenvalue weighted by molar-refractivity contribution is 0.171. The lowest BCUT2D eigenvalue weighted by atomic mass is 9.93. The molecule has 16 heavy (non-hydrogen) atoms. The van der Waals surface area contributed by atoms with Gasteiger partial charge in [0, 0.05) is 0 Å². The molecule has 3 rings (SSSR count). The van der Waals surface area contributed by atoms with Crippen molar-refractivity contribution < 1.29 is 9.47 Å². The maximum Gasteiger partial charge on any atom is 0.161 e. The molecule has 1 aliphatic carbocycles. The molecule has 0 saturated heterocycles. The summed E-state index contributed by atoms with van der Waals surface area (Å²) in [7, 11) is 0. The minimum atomic E-state index is 0.662. The number of rotatable bonds is 1. The average molecular weight is 216 g/mol. The number of ether oxygens (including phenoxy) is 2. The second-order valence-corrected chi connectivity index (χ2v) is 4.33. The normalized spacial score (nSPS) is 19.1. The van der Waals surface area contributed by atoms with Crippen LogP contribution in [0.5, 0.6) is 11.5 Å². The molecule has 0 N–H and O–H groups in total.